The molecule has 0 aliphatic carbocycles. The molecule has 0 bridgehead atoms. The predicted octanol–water partition coefficient (Wildman–Crippen LogP) is 4.16. The van der Waals surface area contributed by atoms with Gasteiger partial charge in [0.05, 0.1) is 19.4 Å². The number of carbonyl (C=O) groups excluding carboxylic acids is 1. The highest BCUT2D eigenvalue weighted by molar-refractivity contribution is 5.90. The highest BCUT2D eigenvalue weighted by atomic mass is 16.5. The summed E-state index contributed by atoms with van der Waals surface area (Å²) in [7, 11) is 0. The van der Waals surface area contributed by atoms with Crippen LogP contribution >= 0.6 is 0 Å². The van der Waals surface area contributed by atoms with Crippen LogP contribution in [0.3, 0.4) is 0 Å². The van der Waals surface area contributed by atoms with Gasteiger partial charge in [-0.1, -0.05) is 12.1 Å². The molecule has 0 saturated heterocycles. The van der Waals surface area contributed by atoms with Crippen molar-refractivity contribution in [1.29, 1.82) is 0 Å². The second kappa shape index (κ2) is 10.1. The fourth-order valence-electron chi connectivity index (χ4n) is 2.48. The van der Waals surface area contributed by atoms with Crippen LogP contribution in [0.5, 0.6) is 17.2 Å². The first-order valence-corrected chi connectivity index (χ1v) is 9.03. The van der Waals surface area contributed by atoms with Crippen molar-refractivity contribution in [3.8, 4) is 17.2 Å². The average Bonchev–Trinajstić information content (AvgIpc) is 2.74. The second-order valence-electron chi connectivity index (χ2n) is 6.12. The normalized spacial score (nSPS) is 10.3. The van der Waals surface area contributed by atoms with Crippen molar-refractivity contribution >= 4 is 11.6 Å². The Morgan fingerprint density at radius 2 is 1.68 bits per heavy atom. The van der Waals surface area contributed by atoms with E-state index in [1.165, 1.54) is 0 Å². The Labute approximate surface area is 163 Å². The number of nitrogens with zero attached hydrogens (tertiary/aromatic N) is 1. The molecule has 1 heterocycles. The monoisotopic (exact) mass is 378 g/mol. The second-order valence-corrected chi connectivity index (χ2v) is 6.12. The van der Waals surface area contributed by atoms with Gasteiger partial charge in [-0.3, -0.25) is 9.78 Å². The molecule has 2 aromatic carbocycles. The Balaban J connectivity index is 1.41. The topological polar surface area (TPSA) is 80.7 Å². The van der Waals surface area contributed by atoms with Crippen molar-refractivity contribution < 1.29 is 19.4 Å². The summed E-state index contributed by atoms with van der Waals surface area (Å²) in [5.41, 5.74) is 1.54. The molecule has 2 N–H and O–H groups in total. The van der Waals surface area contributed by atoms with Crippen LogP contribution in [-0.2, 0) is 11.4 Å². The van der Waals surface area contributed by atoms with E-state index in [2.05, 4.69) is 10.3 Å². The maximum Gasteiger partial charge on any atom is 0.224 e. The van der Waals surface area contributed by atoms with Crippen molar-refractivity contribution in [3.05, 3.63) is 78.6 Å². The molecule has 0 fully saturated rings. The molecule has 28 heavy (non-hydrogen) atoms. The average molecular weight is 378 g/mol. The van der Waals surface area contributed by atoms with Gasteiger partial charge in [-0.15, -0.1) is 0 Å². The zero-order valence-electron chi connectivity index (χ0n) is 15.4. The smallest absolute Gasteiger partial charge is 0.224 e. The summed E-state index contributed by atoms with van der Waals surface area (Å²) in [5.74, 6) is 1.98. The van der Waals surface area contributed by atoms with E-state index < -0.39 is 0 Å². The lowest BCUT2D eigenvalue weighted by Crippen LogP contribution is -2.12. The molecule has 0 saturated carbocycles. The van der Waals surface area contributed by atoms with Crippen LogP contribution in [0.2, 0.25) is 0 Å². The van der Waals surface area contributed by atoms with Crippen LogP contribution in [0.1, 0.15) is 18.4 Å². The van der Waals surface area contributed by atoms with E-state index >= 15 is 0 Å². The number of carbonyl (C=O) groups is 1. The minimum absolute atomic E-state index is 0.00423. The molecular weight excluding hydrogens is 356 g/mol. The first-order chi connectivity index (χ1) is 13.7. The van der Waals surface area contributed by atoms with E-state index in [-0.39, 0.29) is 12.5 Å². The predicted molar refractivity (Wildman–Crippen MR) is 106 cm³/mol. The van der Waals surface area contributed by atoms with Crippen molar-refractivity contribution in [1.82, 2.24) is 4.98 Å². The van der Waals surface area contributed by atoms with Gasteiger partial charge >= 0.3 is 0 Å². The SMILES string of the molecule is O=C(CCCOc1cccnc1)Nc1ccc(Oc2ccc(CO)cc2)cc1. The number of hydrogen-bond donors (Lipinski definition) is 2. The molecule has 144 valence electrons. The fraction of sp³-hybridized carbons (Fsp3) is 0.182. The Hall–Kier alpha value is -3.38. The molecular formula is C22H22N2O4. The van der Waals surface area contributed by atoms with Gasteiger partial charge in [0.2, 0.25) is 5.91 Å². The van der Waals surface area contributed by atoms with Gasteiger partial charge in [0, 0.05) is 18.3 Å². The van der Waals surface area contributed by atoms with E-state index in [0.29, 0.717) is 42.4 Å². The number of benzene rings is 2. The van der Waals surface area contributed by atoms with Crippen LogP contribution in [0.15, 0.2) is 73.1 Å². The van der Waals surface area contributed by atoms with E-state index in [0.717, 1.165) is 5.56 Å². The number of aromatic nitrogens is 1. The Morgan fingerprint density at radius 3 is 2.32 bits per heavy atom. The summed E-state index contributed by atoms with van der Waals surface area (Å²) in [4.78, 5) is 16.0. The summed E-state index contributed by atoms with van der Waals surface area (Å²) in [6, 6.07) is 18.0. The van der Waals surface area contributed by atoms with Gasteiger partial charge in [0.25, 0.3) is 0 Å². The molecule has 1 aromatic heterocycles. The molecule has 6 nitrogen and oxygen atoms in total. The minimum Gasteiger partial charge on any atom is -0.492 e. The summed E-state index contributed by atoms with van der Waals surface area (Å²) in [6.07, 6.45) is 4.32. The zero-order valence-corrected chi connectivity index (χ0v) is 15.4. The van der Waals surface area contributed by atoms with Crippen LogP contribution in [0.4, 0.5) is 5.69 Å². The Kier molecular flexibility index (Phi) is 6.98. The minimum atomic E-state index is -0.0666. The van der Waals surface area contributed by atoms with E-state index in [4.69, 9.17) is 14.6 Å². The molecule has 0 aliphatic rings. The lowest BCUT2D eigenvalue weighted by Gasteiger charge is -2.09. The summed E-state index contributed by atoms with van der Waals surface area (Å²) < 4.78 is 11.3. The van der Waals surface area contributed by atoms with Gasteiger partial charge in [0.15, 0.2) is 0 Å². The third kappa shape index (κ3) is 6.10. The first-order valence-electron chi connectivity index (χ1n) is 9.03. The maximum atomic E-state index is 12.0. The number of hydrogen-bond acceptors (Lipinski definition) is 5. The summed E-state index contributed by atoms with van der Waals surface area (Å²) in [5, 5.41) is 11.9. The number of aliphatic hydroxyl groups excluding tert-OH is 1. The highest BCUT2D eigenvalue weighted by Crippen LogP contribution is 2.23. The van der Waals surface area contributed by atoms with Crippen molar-refractivity contribution in [2.45, 2.75) is 19.4 Å². The quantitative estimate of drug-likeness (QED) is 0.547. The number of ether oxygens (including phenoxy) is 2. The van der Waals surface area contributed by atoms with Gasteiger partial charge in [-0.05, 0) is 60.5 Å². The van der Waals surface area contributed by atoms with Gasteiger partial charge in [-0.25, -0.2) is 0 Å². The largest absolute Gasteiger partial charge is 0.492 e. The van der Waals surface area contributed by atoms with Crippen LogP contribution in [0.25, 0.3) is 0 Å². The molecule has 6 heteroatoms. The molecule has 3 rings (SSSR count). The number of aliphatic hydroxyl groups is 1. The van der Waals surface area contributed by atoms with Crippen LogP contribution in [0, 0.1) is 0 Å². The van der Waals surface area contributed by atoms with Gasteiger partial charge < -0.3 is 19.9 Å². The maximum absolute atomic E-state index is 12.0. The van der Waals surface area contributed by atoms with Crippen molar-refractivity contribution in [3.63, 3.8) is 0 Å². The highest BCUT2D eigenvalue weighted by Gasteiger charge is 2.04. The fourth-order valence-corrected chi connectivity index (χ4v) is 2.48. The van der Waals surface area contributed by atoms with Crippen LogP contribution < -0.4 is 14.8 Å². The zero-order chi connectivity index (χ0) is 19.6. The van der Waals surface area contributed by atoms with E-state index in [9.17, 15) is 4.79 Å². The van der Waals surface area contributed by atoms with E-state index in [1.807, 2.05) is 18.2 Å². The number of rotatable bonds is 9. The molecule has 0 radical (unpaired) electrons. The standard InChI is InChI=1S/C22H22N2O4/c25-16-17-5-9-19(10-6-17)28-20-11-7-18(8-12-20)24-22(26)4-2-14-27-21-3-1-13-23-15-21/h1,3,5-13,15,25H,2,4,14,16H2,(H,24,26). The third-order valence-corrected chi connectivity index (χ3v) is 3.93. The number of nitrogens with one attached hydrogen (secondary N) is 1. The molecule has 0 aliphatic heterocycles. The first kappa shape index (κ1) is 19.4. The molecule has 0 unspecified atom stereocenters. The Bertz CT molecular complexity index is 865. The summed E-state index contributed by atoms with van der Waals surface area (Å²) >= 11 is 0. The van der Waals surface area contributed by atoms with Crippen LogP contribution in [-0.4, -0.2) is 22.6 Å². The van der Waals surface area contributed by atoms with Crippen molar-refractivity contribution in [2.24, 2.45) is 0 Å². The lowest BCUT2D eigenvalue weighted by atomic mass is 10.2. The summed E-state index contributed by atoms with van der Waals surface area (Å²) in [6.45, 7) is 0.464. The molecule has 3 aromatic rings. The Morgan fingerprint density at radius 1 is 0.964 bits per heavy atom. The third-order valence-electron chi connectivity index (χ3n) is 3.93. The number of amides is 1. The molecule has 0 spiro atoms. The van der Waals surface area contributed by atoms with Gasteiger partial charge in [0.1, 0.15) is 17.2 Å². The number of anilines is 1. The van der Waals surface area contributed by atoms with Gasteiger partial charge in [-0.2, -0.15) is 0 Å². The number of pyridine rings is 1. The molecule has 1 amide bonds. The lowest BCUT2D eigenvalue weighted by molar-refractivity contribution is -0.116. The van der Waals surface area contributed by atoms with Crippen molar-refractivity contribution in [2.75, 3.05) is 11.9 Å². The van der Waals surface area contributed by atoms with E-state index in [1.54, 1.807) is 54.9 Å². The molecule has 0 atom stereocenters.